The van der Waals surface area contributed by atoms with Crippen LogP contribution >= 0.6 is 34.5 Å². The lowest BCUT2D eigenvalue weighted by Gasteiger charge is -2.02. The molecule has 0 bridgehead atoms. The van der Waals surface area contributed by atoms with Gasteiger partial charge in [0.05, 0.1) is 0 Å². The SMILES string of the molecule is O=C(CCc1ccsc1)c1cc(Cl)cc(Cl)c1. The molecular formula is C13H10Cl2OS. The van der Waals surface area contributed by atoms with E-state index >= 15 is 0 Å². The number of Topliss-reactive ketones (excluding diaryl/α,β-unsaturated/α-hetero) is 1. The minimum Gasteiger partial charge on any atom is -0.294 e. The average Bonchev–Trinajstić information content (AvgIpc) is 2.77. The molecule has 1 aromatic heterocycles. The van der Waals surface area contributed by atoms with Gasteiger partial charge in [0.2, 0.25) is 0 Å². The zero-order valence-corrected chi connectivity index (χ0v) is 11.3. The van der Waals surface area contributed by atoms with Crippen molar-refractivity contribution < 1.29 is 4.79 Å². The molecule has 0 atom stereocenters. The highest BCUT2D eigenvalue weighted by Crippen LogP contribution is 2.20. The van der Waals surface area contributed by atoms with Gasteiger partial charge in [0.25, 0.3) is 0 Å². The molecule has 1 aromatic carbocycles. The van der Waals surface area contributed by atoms with E-state index in [1.807, 2.05) is 11.4 Å². The molecule has 2 aromatic rings. The van der Waals surface area contributed by atoms with E-state index in [-0.39, 0.29) is 5.78 Å². The summed E-state index contributed by atoms with van der Waals surface area (Å²) in [5.74, 6) is 0.0700. The van der Waals surface area contributed by atoms with Gasteiger partial charge in [-0.2, -0.15) is 11.3 Å². The maximum atomic E-state index is 11.9. The molecule has 0 saturated heterocycles. The minimum atomic E-state index is 0.0700. The molecule has 0 unspecified atom stereocenters. The maximum absolute atomic E-state index is 11.9. The van der Waals surface area contributed by atoms with Crippen LogP contribution in [0.4, 0.5) is 0 Å². The Morgan fingerprint density at radius 2 is 1.88 bits per heavy atom. The van der Waals surface area contributed by atoms with Gasteiger partial charge in [0.1, 0.15) is 0 Å². The molecule has 4 heteroatoms. The van der Waals surface area contributed by atoms with Crippen LogP contribution in [-0.2, 0) is 6.42 Å². The van der Waals surface area contributed by atoms with Crippen molar-refractivity contribution in [2.24, 2.45) is 0 Å². The van der Waals surface area contributed by atoms with Crippen molar-refractivity contribution >= 4 is 40.3 Å². The molecular weight excluding hydrogens is 275 g/mol. The highest BCUT2D eigenvalue weighted by molar-refractivity contribution is 7.07. The molecule has 0 radical (unpaired) electrons. The normalized spacial score (nSPS) is 10.5. The number of thiophene rings is 1. The van der Waals surface area contributed by atoms with Crippen LogP contribution in [0.25, 0.3) is 0 Å². The quantitative estimate of drug-likeness (QED) is 0.732. The van der Waals surface area contributed by atoms with Gasteiger partial charge in [-0.3, -0.25) is 4.79 Å². The Labute approximate surface area is 114 Å². The van der Waals surface area contributed by atoms with Crippen molar-refractivity contribution in [3.8, 4) is 0 Å². The van der Waals surface area contributed by atoms with Crippen LogP contribution in [0.3, 0.4) is 0 Å². The second-order valence-corrected chi connectivity index (χ2v) is 5.37. The van der Waals surface area contributed by atoms with Gasteiger partial charge in [-0.1, -0.05) is 23.2 Å². The predicted octanol–water partition coefficient (Wildman–Crippen LogP) is 4.87. The third-order valence-electron chi connectivity index (χ3n) is 2.41. The summed E-state index contributed by atoms with van der Waals surface area (Å²) in [5.41, 5.74) is 1.77. The summed E-state index contributed by atoms with van der Waals surface area (Å²) in [7, 11) is 0. The van der Waals surface area contributed by atoms with Crippen molar-refractivity contribution in [1.29, 1.82) is 0 Å². The Bertz CT molecular complexity index is 500. The maximum Gasteiger partial charge on any atom is 0.163 e. The summed E-state index contributed by atoms with van der Waals surface area (Å²) in [4.78, 5) is 11.9. The highest BCUT2D eigenvalue weighted by atomic mass is 35.5. The standard InChI is InChI=1S/C13H10Cl2OS/c14-11-5-10(6-12(15)7-11)13(16)2-1-9-3-4-17-8-9/h3-8H,1-2H2. The highest BCUT2D eigenvalue weighted by Gasteiger charge is 2.08. The summed E-state index contributed by atoms with van der Waals surface area (Å²) < 4.78 is 0. The van der Waals surface area contributed by atoms with E-state index in [0.29, 0.717) is 22.0 Å². The van der Waals surface area contributed by atoms with Crippen molar-refractivity contribution in [2.75, 3.05) is 0 Å². The third kappa shape index (κ3) is 3.56. The topological polar surface area (TPSA) is 17.1 Å². The van der Waals surface area contributed by atoms with Crippen LogP contribution in [0.15, 0.2) is 35.0 Å². The Kier molecular flexibility index (Phi) is 4.21. The van der Waals surface area contributed by atoms with Crippen molar-refractivity contribution in [3.63, 3.8) is 0 Å². The van der Waals surface area contributed by atoms with Gasteiger partial charge < -0.3 is 0 Å². The number of benzene rings is 1. The fourth-order valence-corrected chi connectivity index (χ4v) is 2.78. The fraction of sp³-hybridized carbons (Fsp3) is 0.154. The Morgan fingerprint density at radius 1 is 1.18 bits per heavy atom. The van der Waals surface area contributed by atoms with Crippen molar-refractivity contribution in [2.45, 2.75) is 12.8 Å². The van der Waals surface area contributed by atoms with E-state index in [0.717, 1.165) is 6.42 Å². The van der Waals surface area contributed by atoms with Crippen LogP contribution in [0.1, 0.15) is 22.3 Å². The lowest BCUT2D eigenvalue weighted by atomic mass is 10.0. The lowest BCUT2D eigenvalue weighted by Crippen LogP contribution is -2.00. The van der Waals surface area contributed by atoms with Crippen LogP contribution in [0, 0.1) is 0 Å². The molecule has 0 fully saturated rings. The van der Waals surface area contributed by atoms with Gasteiger partial charge in [-0.25, -0.2) is 0 Å². The summed E-state index contributed by atoms with van der Waals surface area (Å²) in [6.07, 6.45) is 1.24. The van der Waals surface area contributed by atoms with E-state index in [2.05, 4.69) is 5.38 Å². The van der Waals surface area contributed by atoms with Crippen LogP contribution in [0.5, 0.6) is 0 Å². The first kappa shape index (κ1) is 12.6. The van der Waals surface area contributed by atoms with Crippen LogP contribution < -0.4 is 0 Å². The van der Waals surface area contributed by atoms with Crippen LogP contribution in [-0.4, -0.2) is 5.78 Å². The molecule has 1 heterocycles. The number of ketones is 1. The summed E-state index contributed by atoms with van der Waals surface area (Å²) >= 11 is 13.4. The van der Waals surface area contributed by atoms with E-state index in [4.69, 9.17) is 23.2 Å². The van der Waals surface area contributed by atoms with Crippen molar-refractivity contribution in [3.05, 3.63) is 56.2 Å². The molecule has 0 amide bonds. The van der Waals surface area contributed by atoms with Gasteiger partial charge in [0.15, 0.2) is 5.78 Å². The van der Waals surface area contributed by atoms with Gasteiger partial charge >= 0.3 is 0 Å². The van der Waals surface area contributed by atoms with Gasteiger partial charge in [-0.15, -0.1) is 0 Å². The monoisotopic (exact) mass is 284 g/mol. The third-order valence-corrected chi connectivity index (χ3v) is 3.57. The number of halogens is 2. The zero-order valence-electron chi connectivity index (χ0n) is 8.95. The number of carbonyl (C=O) groups excluding carboxylic acids is 1. The molecule has 2 rings (SSSR count). The molecule has 0 aliphatic rings. The summed E-state index contributed by atoms with van der Waals surface area (Å²) in [6, 6.07) is 6.97. The Morgan fingerprint density at radius 3 is 2.47 bits per heavy atom. The minimum absolute atomic E-state index is 0.0700. The summed E-state index contributed by atoms with van der Waals surface area (Å²) in [5, 5.41) is 5.06. The van der Waals surface area contributed by atoms with E-state index < -0.39 is 0 Å². The van der Waals surface area contributed by atoms with Gasteiger partial charge in [0, 0.05) is 22.0 Å². The van der Waals surface area contributed by atoms with E-state index in [1.165, 1.54) is 5.56 Å². The van der Waals surface area contributed by atoms with Gasteiger partial charge in [-0.05, 0) is 47.0 Å². The smallest absolute Gasteiger partial charge is 0.163 e. The number of rotatable bonds is 4. The number of hydrogen-bond acceptors (Lipinski definition) is 2. The molecule has 0 spiro atoms. The number of aryl methyl sites for hydroxylation is 1. The van der Waals surface area contributed by atoms with Crippen LogP contribution in [0.2, 0.25) is 10.0 Å². The average molecular weight is 285 g/mol. The summed E-state index contributed by atoms with van der Waals surface area (Å²) in [6.45, 7) is 0. The molecule has 0 N–H and O–H groups in total. The Hall–Kier alpha value is -0.830. The first-order valence-electron chi connectivity index (χ1n) is 5.15. The molecule has 0 aliphatic carbocycles. The largest absolute Gasteiger partial charge is 0.294 e. The molecule has 0 aliphatic heterocycles. The predicted molar refractivity (Wildman–Crippen MR) is 73.4 cm³/mol. The molecule has 88 valence electrons. The second kappa shape index (κ2) is 5.67. The molecule has 1 nitrogen and oxygen atoms in total. The second-order valence-electron chi connectivity index (χ2n) is 3.71. The van der Waals surface area contributed by atoms with Crippen molar-refractivity contribution in [1.82, 2.24) is 0 Å². The van der Waals surface area contributed by atoms with E-state index in [1.54, 1.807) is 29.5 Å². The first-order chi connectivity index (χ1) is 8.15. The number of carbonyl (C=O) groups is 1. The number of hydrogen-bond donors (Lipinski definition) is 0. The Balaban J connectivity index is 2.04. The molecule has 0 saturated carbocycles. The first-order valence-corrected chi connectivity index (χ1v) is 6.85. The fourth-order valence-electron chi connectivity index (χ4n) is 1.55. The zero-order chi connectivity index (χ0) is 12.3. The lowest BCUT2D eigenvalue weighted by molar-refractivity contribution is 0.0983. The van der Waals surface area contributed by atoms with E-state index in [9.17, 15) is 4.79 Å². The molecule has 17 heavy (non-hydrogen) atoms.